The average molecular weight is 400 g/mol. The number of quaternary nitrogens is 1. The van der Waals surface area contributed by atoms with E-state index in [1.165, 1.54) is 30.9 Å². The molecule has 0 unspecified atom stereocenters. The van der Waals surface area contributed by atoms with Crippen LogP contribution in [-0.2, 0) is 0 Å². The van der Waals surface area contributed by atoms with Gasteiger partial charge >= 0.3 is 0 Å². The van der Waals surface area contributed by atoms with E-state index < -0.39 is 0 Å². The Kier molecular flexibility index (Phi) is 7.51. The van der Waals surface area contributed by atoms with E-state index in [0.717, 1.165) is 37.5 Å². The number of piperazine rings is 1. The van der Waals surface area contributed by atoms with Crippen LogP contribution in [0.3, 0.4) is 0 Å². The molecule has 1 aliphatic heterocycles. The highest BCUT2D eigenvalue weighted by Gasteiger charge is 2.19. The Labute approximate surface area is 173 Å². The maximum absolute atomic E-state index is 5.39. The van der Waals surface area contributed by atoms with Gasteiger partial charge in [0.25, 0.3) is 0 Å². The number of anilines is 2. The fourth-order valence-electron chi connectivity index (χ4n) is 3.56. The minimum atomic E-state index is 0.699. The summed E-state index contributed by atoms with van der Waals surface area (Å²) in [7, 11) is 1.71. The minimum absolute atomic E-state index is 0.699. The number of thiocarbonyl (C=S) groups is 1. The molecule has 0 aromatic heterocycles. The average Bonchev–Trinajstić information content (AvgIpc) is 2.72. The van der Waals surface area contributed by atoms with E-state index in [4.69, 9.17) is 17.0 Å². The predicted octanol–water partition coefficient (Wildman–Crippen LogP) is 2.09. The van der Waals surface area contributed by atoms with Gasteiger partial charge < -0.3 is 25.2 Å². The largest absolute Gasteiger partial charge is 0.497 e. The van der Waals surface area contributed by atoms with Crippen molar-refractivity contribution in [3.05, 3.63) is 54.1 Å². The number of hydrogen-bond acceptors (Lipinski definition) is 3. The van der Waals surface area contributed by atoms with E-state index in [2.05, 4.69) is 46.7 Å². The van der Waals surface area contributed by atoms with Gasteiger partial charge in [-0.05, 0) is 61.1 Å². The number of aryl methyl sites for hydroxylation is 1. The van der Waals surface area contributed by atoms with Gasteiger partial charge in [0.05, 0.1) is 39.8 Å². The van der Waals surface area contributed by atoms with E-state index in [0.29, 0.717) is 5.11 Å². The number of ether oxygens (including phenoxy) is 1. The Morgan fingerprint density at radius 2 is 1.89 bits per heavy atom. The van der Waals surface area contributed by atoms with Crippen LogP contribution in [-0.4, -0.2) is 51.5 Å². The molecule has 0 amide bonds. The van der Waals surface area contributed by atoms with Crippen LogP contribution in [0.15, 0.2) is 48.5 Å². The maximum Gasteiger partial charge on any atom is 0.170 e. The Hall–Kier alpha value is -2.31. The van der Waals surface area contributed by atoms with E-state index >= 15 is 0 Å². The third-order valence-corrected chi connectivity index (χ3v) is 5.42. The van der Waals surface area contributed by atoms with Crippen molar-refractivity contribution in [2.24, 2.45) is 0 Å². The van der Waals surface area contributed by atoms with Gasteiger partial charge in [0.1, 0.15) is 5.75 Å². The molecule has 0 bridgehead atoms. The summed E-state index contributed by atoms with van der Waals surface area (Å²) in [5.74, 6) is 0.912. The monoisotopic (exact) mass is 399 g/mol. The first-order chi connectivity index (χ1) is 13.6. The Morgan fingerprint density at radius 3 is 2.57 bits per heavy atom. The third-order valence-electron chi connectivity index (χ3n) is 5.18. The molecule has 0 saturated carbocycles. The van der Waals surface area contributed by atoms with Gasteiger partial charge in [-0.1, -0.05) is 12.1 Å². The molecular formula is C22H31N4OS+. The van der Waals surface area contributed by atoms with Gasteiger partial charge in [-0.2, -0.15) is 0 Å². The van der Waals surface area contributed by atoms with Gasteiger partial charge in [-0.15, -0.1) is 0 Å². The van der Waals surface area contributed by atoms with Gasteiger partial charge in [0.15, 0.2) is 5.11 Å². The first kappa shape index (κ1) is 20.4. The number of nitrogens with zero attached hydrogens (tertiary/aromatic N) is 1. The van der Waals surface area contributed by atoms with E-state index in [9.17, 15) is 0 Å². The second-order valence-electron chi connectivity index (χ2n) is 7.29. The Bertz CT molecular complexity index is 757. The molecule has 150 valence electrons. The number of rotatable bonds is 7. The van der Waals surface area contributed by atoms with Crippen LogP contribution >= 0.6 is 12.2 Å². The summed E-state index contributed by atoms with van der Waals surface area (Å²) in [4.78, 5) is 4.13. The van der Waals surface area contributed by atoms with Crippen molar-refractivity contribution < 1.29 is 9.64 Å². The normalized spacial score (nSPS) is 14.6. The standard InChI is InChI=1S/C22H30N4OS/c1-18-5-3-6-19(17-18)24-22(28)23-11-4-12-25-13-15-26(16-14-25)20-7-9-21(27-2)10-8-20/h3,5-10,17H,4,11-16H2,1-2H3,(H2,23,24,28)/p+1. The van der Waals surface area contributed by atoms with Crippen molar-refractivity contribution >= 4 is 28.7 Å². The molecule has 1 heterocycles. The highest BCUT2D eigenvalue weighted by Crippen LogP contribution is 2.18. The summed E-state index contributed by atoms with van der Waals surface area (Å²) in [6.45, 7) is 8.72. The molecule has 1 aliphatic rings. The zero-order valence-electron chi connectivity index (χ0n) is 16.8. The summed E-state index contributed by atoms with van der Waals surface area (Å²) in [5, 5.41) is 7.27. The summed E-state index contributed by atoms with van der Waals surface area (Å²) >= 11 is 5.39. The van der Waals surface area contributed by atoms with Crippen LogP contribution in [0.4, 0.5) is 11.4 Å². The molecule has 0 atom stereocenters. The number of hydrogen-bond donors (Lipinski definition) is 3. The molecule has 3 rings (SSSR count). The zero-order valence-corrected chi connectivity index (χ0v) is 17.6. The van der Waals surface area contributed by atoms with Crippen molar-refractivity contribution in [2.75, 3.05) is 56.6 Å². The highest BCUT2D eigenvalue weighted by molar-refractivity contribution is 7.80. The van der Waals surface area contributed by atoms with Crippen LogP contribution in [0.2, 0.25) is 0 Å². The van der Waals surface area contributed by atoms with Crippen LogP contribution < -0.4 is 25.2 Å². The second-order valence-corrected chi connectivity index (χ2v) is 7.70. The summed E-state index contributed by atoms with van der Waals surface area (Å²) in [5.41, 5.74) is 3.55. The fourth-order valence-corrected chi connectivity index (χ4v) is 3.78. The minimum Gasteiger partial charge on any atom is -0.497 e. The van der Waals surface area contributed by atoms with Gasteiger partial charge in [-0.25, -0.2) is 0 Å². The molecule has 1 fully saturated rings. The molecule has 2 aromatic rings. The molecule has 0 spiro atoms. The number of nitrogens with one attached hydrogen (secondary N) is 3. The summed E-state index contributed by atoms with van der Waals surface area (Å²) < 4.78 is 5.24. The van der Waals surface area contributed by atoms with Crippen LogP contribution in [0.5, 0.6) is 5.75 Å². The lowest BCUT2D eigenvalue weighted by molar-refractivity contribution is -0.900. The summed E-state index contributed by atoms with van der Waals surface area (Å²) in [6, 6.07) is 16.6. The second kappa shape index (κ2) is 10.3. The van der Waals surface area contributed by atoms with Gasteiger partial charge in [0, 0.05) is 24.3 Å². The van der Waals surface area contributed by atoms with Crippen molar-refractivity contribution in [3.63, 3.8) is 0 Å². The topological polar surface area (TPSA) is 41.0 Å². The molecule has 2 aromatic carbocycles. The maximum atomic E-state index is 5.39. The molecule has 0 aliphatic carbocycles. The molecule has 6 heteroatoms. The third kappa shape index (κ3) is 6.11. The molecular weight excluding hydrogens is 368 g/mol. The van der Waals surface area contributed by atoms with Gasteiger partial charge in [-0.3, -0.25) is 0 Å². The molecule has 28 heavy (non-hydrogen) atoms. The Balaban J connectivity index is 1.31. The molecule has 5 nitrogen and oxygen atoms in total. The van der Waals surface area contributed by atoms with Crippen molar-refractivity contribution in [1.29, 1.82) is 0 Å². The lowest BCUT2D eigenvalue weighted by Gasteiger charge is -2.33. The molecule has 0 radical (unpaired) electrons. The number of benzene rings is 2. The first-order valence-electron chi connectivity index (χ1n) is 9.98. The van der Waals surface area contributed by atoms with Gasteiger partial charge in [0.2, 0.25) is 0 Å². The number of methoxy groups -OCH3 is 1. The zero-order chi connectivity index (χ0) is 19.8. The first-order valence-corrected chi connectivity index (χ1v) is 10.4. The van der Waals surface area contributed by atoms with E-state index in [-0.39, 0.29) is 0 Å². The van der Waals surface area contributed by atoms with Crippen molar-refractivity contribution in [3.8, 4) is 5.75 Å². The predicted molar refractivity (Wildman–Crippen MR) is 121 cm³/mol. The van der Waals surface area contributed by atoms with E-state index in [1.54, 1.807) is 12.0 Å². The summed E-state index contributed by atoms with van der Waals surface area (Å²) in [6.07, 6.45) is 1.12. The lowest BCUT2D eigenvalue weighted by atomic mass is 10.2. The van der Waals surface area contributed by atoms with Crippen molar-refractivity contribution in [1.82, 2.24) is 5.32 Å². The van der Waals surface area contributed by atoms with Crippen LogP contribution in [0, 0.1) is 6.92 Å². The van der Waals surface area contributed by atoms with Crippen LogP contribution in [0.25, 0.3) is 0 Å². The highest BCUT2D eigenvalue weighted by atomic mass is 32.1. The van der Waals surface area contributed by atoms with Crippen LogP contribution in [0.1, 0.15) is 12.0 Å². The molecule has 3 N–H and O–H groups in total. The SMILES string of the molecule is COc1ccc(N2CC[NH+](CCCNC(=S)Nc3cccc(C)c3)CC2)cc1. The van der Waals surface area contributed by atoms with Crippen molar-refractivity contribution in [2.45, 2.75) is 13.3 Å². The molecule has 1 saturated heterocycles. The quantitative estimate of drug-likeness (QED) is 0.491. The fraction of sp³-hybridized carbons (Fsp3) is 0.409. The van der Waals surface area contributed by atoms with E-state index in [1.807, 2.05) is 24.3 Å². The lowest BCUT2D eigenvalue weighted by Crippen LogP contribution is -3.15. The Morgan fingerprint density at radius 1 is 1.14 bits per heavy atom. The smallest absolute Gasteiger partial charge is 0.170 e.